The van der Waals surface area contributed by atoms with Gasteiger partial charge < -0.3 is 0 Å². The SMILES string of the molecule is CCONC(=O)c1sc(-c2cccc(C)c2)nc1C. The number of rotatable bonds is 4. The minimum atomic E-state index is -0.240. The molecule has 0 bridgehead atoms. The van der Waals surface area contributed by atoms with E-state index in [2.05, 4.69) is 16.5 Å². The highest BCUT2D eigenvalue weighted by atomic mass is 32.1. The van der Waals surface area contributed by atoms with Crippen LogP contribution in [0.4, 0.5) is 0 Å². The van der Waals surface area contributed by atoms with Crippen molar-refractivity contribution in [3.8, 4) is 10.6 Å². The second-order valence-electron chi connectivity index (χ2n) is 4.17. The maximum Gasteiger partial charge on any atom is 0.286 e. The first kappa shape index (κ1) is 13.7. The number of nitrogens with zero attached hydrogens (tertiary/aromatic N) is 1. The van der Waals surface area contributed by atoms with Crippen LogP contribution >= 0.6 is 11.3 Å². The Morgan fingerprint density at radius 1 is 1.42 bits per heavy atom. The smallest absolute Gasteiger partial charge is 0.274 e. The lowest BCUT2D eigenvalue weighted by molar-refractivity contribution is 0.0367. The first-order valence-electron chi connectivity index (χ1n) is 6.08. The number of carbonyl (C=O) groups excluding carboxylic acids is 1. The molecule has 0 aliphatic heterocycles. The van der Waals surface area contributed by atoms with E-state index in [0.717, 1.165) is 16.3 Å². The van der Waals surface area contributed by atoms with Crippen LogP contribution in [0.5, 0.6) is 0 Å². The highest BCUT2D eigenvalue weighted by molar-refractivity contribution is 7.17. The van der Waals surface area contributed by atoms with Crippen LogP contribution in [0.15, 0.2) is 24.3 Å². The van der Waals surface area contributed by atoms with Crippen LogP contribution in [-0.4, -0.2) is 17.5 Å². The van der Waals surface area contributed by atoms with Gasteiger partial charge in [0, 0.05) is 5.56 Å². The summed E-state index contributed by atoms with van der Waals surface area (Å²) in [6.07, 6.45) is 0. The number of hydrogen-bond acceptors (Lipinski definition) is 4. The second kappa shape index (κ2) is 5.95. The molecule has 1 amide bonds. The minimum Gasteiger partial charge on any atom is -0.274 e. The summed E-state index contributed by atoms with van der Waals surface area (Å²) in [5.74, 6) is -0.240. The summed E-state index contributed by atoms with van der Waals surface area (Å²) in [4.78, 5) is 21.8. The van der Waals surface area contributed by atoms with Crippen LogP contribution in [0.25, 0.3) is 10.6 Å². The van der Waals surface area contributed by atoms with Crippen molar-refractivity contribution >= 4 is 17.2 Å². The summed E-state index contributed by atoms with van der Waals surface area (Å²) in [5, 5.41) is 0.850. The number of carbonyl (C=O) groups is 1. The van der Waals surface area contributed by atoms with E-state index in [9.17, 15) is 4.79 Å². The predicted molar refractivity (Wildman–Crippen MR) is 76.1 cm³/mol. The van der Waals surface area contributed by atoms with E-state index < -0.39 is 0 Å². The Morgan fingerprint density at radius 2 is 2.21 bits per heavy atom. The summed E-state index contributed by atoms with van der Waals surface area (Å²) in [7, 11) is 0. The average molecular weight is 276 g/mol. The fourth-order valence-corrected chi connectivity index (χ4v) is 2.64. The molecule has 0 atom stereocenters. The lowest BCUT2D eigenvalue weighted by atomic mass is 10.1. The van der Waals surface area contributed by atoms with E-state index in [0.29, 0.717) is 11.5 Å². The largest absolute Gasteiger partial charge is 0.286 e. The van der Waals surface area contributed by atoms with Crippen molar-refractivity contribution < 1.29 is 9.63 Å². The summed E-state index contributed by atoms with van der Waals surface area (Å²) >= 11 is 1.38. The number of nitrogens with one attached hydrogen (secondary N) is 1. The molecule has 0 aliphatic carbocycles. The van der Waals surface area contributed by atoms with Gasteiger partial charge in [-0.2, -0.15) is 0 Å². The molecule has 0 saturated heterocycles. The number of hydrogen-bond donors (Lipinski definition) is 1. The molecular weight excluding hydrogens is 260 g/mol. The molecular formula is C14H16N2O2S. The van der Waals surface area contributed by atoms with E-state index in [-0.39, 0.29) is 5.91 Å². The molecule has 0 aliphatic rings. The number of amides is 1. The molecule has 1 aromatic heterocycles. The van der Waals surface area contributed by atoms with Crippen LogP contribution in [-0.2, 0) is 4.84 Å². The van der Waals surface area contributed by atoms with Gasteiger partial charge in [-0.25, -0.2) is 10.5 Å². The summed E-state index contributed by atoms with van der Waals surface area (Å²) in [6, 6.07) is 8.08. The Hall–Kier alpha value is -1.72. The van der Waals surface area contributed by atoms with Gasteiger partial charge in [-0.3, -0.25) is 9.63 Å². The molecule has 5 heteroatoms. The van der Waals surface area contributed by atoms with Crippen molar-refractivity contribution in [2.24, 2.45) is 0 Å². The van der Waals surface area contributed by atoms with Gasteiger partial charge in [-0.15, -0.1) is 11.3 Å². The third kappa shape index (κ3) is 3.19. The summed E-state index contributed by atoms with van der Waals surface area (Å²) < 4.78 is 0. The molecule has 1 N–H and O–H groups in total. The third-order valence-electron chi connectivity index (χ3n) is 2.58. The normalized spacial score (nSPS) is 10.5. The van der Waals surface area contributed by atoms with Crippen molar-refractivity contribution in [3.05, 3.63) is 40.4 Å². The van der Waals surface area contributed by atoms with Crippen LogP contribution in [0.3, 0.4) is 0 Å². The zero-order valence-electron chi connectivity index (χ0n) is 11.2. The zero-order valence-corrected chi connectivity index (χ0v) is 12.0. The lowest BCUT2D eigenvalue weighted by Gasteiger charge is -2.01. The molecule has 2 aromatic rings. The molecule has 0 unspecified atom stereocenters. The summed E-state index contributed by atoms with van der Waals surface area (Å²) in [5.41, 5.74) is 5.32. The van der Waals surface area contributed by atoms with Crippen LogP contribution in [0, 0.1) is 13.8 Å². The van der Waals surface area contributed by atoms with E-state index in [1.165, 1.54) is 16.9 Å². The third-order valence-corrected chi connectivity index (χ3v) is 3.78. The topological polar surface area (TPSA) is 51.2 Å². The number of hydroxylamine groups is 1. The fraction of sp³-hybridized carbons (Fsp3) is 0.286. The van der Waals surface area contributed by atoms with Crippen molar-refractivity contribution in [2.75, 3.05) is 6.61 Å². The second-order valence-corrected chi connectivity index (χ2v) is 5.17. The first-order valence-corrected chi connectivity index (χ1v) is 6.90. The van der Waals surface area contributed by atoms with E-state index in [4.69, 9.17) is 4.84 Å². The van der Waals surface area contributed by atoms with Crippen LogP contribution in [0.1, 0.15) is 27.9 Å². The molecule has 2 rings (SSSR count). The molecule has 0 saturated carbocycles. The average Bonchev–Trinajstić information content (AvgIpc) is 2.78. The molecule has 4 nitrogen and oxygen atoms in total. The van der Waals surface area contributed by atoms with Crippen LogP contribution < -0.4 is 5.48 Å². The molecule has 0 spiro atoms. The van der Waals surface area contributed by atoms with Gasteiger partial charge in [0.05, 0.1) is 12.3 Å². The van der Waals surface area contributed by atoms with E-state index >= 15 is 0 Å². The van der Waals surface area contributed by atoms with Crippen molar-refractivity contribution in [3.63, 3.8) is 0 Å². The van der Waals surface area contributed by atoms with Gasteiger partial charge in [0.1, 0.15) is 9.88 Å². The van der Waals surface area contributed by atoms with Gasteiger partial charge in [0.2, 0.25) is 0 Å². The Kier molecular flexibility index (Phi) is 4.29. The monoisotopic (exact) mass is 276 g/mol. The van der Waals surface area contributed by atoms with Crippen LogP contribution in [0.2, 0.25) is 0 Å². The van der Waals surface area contributed by atoms with Crippen molar-refractivity contribution in [2.45, 2.75) is 20.8 Å². The molecule has 0 radical (unpaired) electrons. The van der Waals surface area contributed by atoms with Crippen molar-refractivity contribution in [1.82, 2.24) is 10.5 Å². The number of aryl methyl sites for hydroxylation is 2. The first-order chi connectivity index (χ1) is 9.11. The quantitative estimate of drug-likeness (QED) is 0.873. The Morgan fingerprint density at radius 3 is 2.89 bits per heavy atom. The van der Waals surface area contributed by atoms with E-state index in [1.54, 1.807) is 0 Å². The number of thiazole rings is 1. The Bertz CT molecular complexity index is 593. The summed E-state index contributed by atoms with van der Waals surface area (Å²) in [6.45, 7) is 6.12. The zero-order chi connectivity index (χ0) is 13.8. The Labute approximate surface area is 116 Å². The molecule has 19 heavy (non-hydrogen) atoms. The van der Waals surface area contributed by atoms with Gasteiger partial charge in [0.15, 0.2) is 0 Å². The lowest BCUT2D eigenvalue weighted by Crippen LogP contribution is -2.23. The Balaban J connectivity index is 2.28. The molecule has 0 fully saturated rings. The van der Waals surface area contributed by atoms with E-state index in [1.807, 2.05) is 39.0 Å². The van der Waals surface area contributed by atoms with Gasteiger partial charge in [0.25, 0.3) is 5.91 Å². The molecule has 1 aromatic carbocycles. The fourth-order valence-electron chi connectivity index (χ4n) is 1.69. The maximum absolute atomic E-state index is 11.9. The molecule has 100 valence electrons. The highest BCUT2D eigenvalue weighted by Crippen LogP contribution is 2.28. The number of aromatic nitrogens is 1. The standard InChI is InChI=1S/C14H16N2O2S/c1-4-18-16-13(17)12-10(3)15-14(19-12)11-7-5-6-9(2)8-11/h5-8H,4H2,1-3H3,(H,16,17). The molecule has 1 heterocycles. The van der Waals surface area contributed by atoms with Gasteiger partial charge in [-0.05, 0) is 26.8 Å². The van der Waals surface area contributed by atoms with Crippen molar-refractivity contribution in [1.29, 1.82) is 0 Å². The maximum atomic E-state index is 11.9. The van der Waals surface area contributed by atoms with Gasteiger partial charge in [-0.1, -0.05) is 23.8 Å². The van der Waals surface area contributed by atoms with Gasteiger partial charge >= 0.3 is 0 Å². The minimum absolute atomic E-state index is 0.240. The number of benzene rings is 1. The highest BCUT2D eigenvalue weighted by Gasteiger charge is 2.16. The predicted octanol–water partition coefficient (Wildman–Crippen LogP) is 3.11.